The molecule has 9 heteroatoms. The Hall–Kier alpha value is -5.15. The van der Waals surface area contributed by atoms with Crippen LogP contribution in [0, 0.1) is 5.82 Å². The van der Waals surface area contributed by atoms with Crippen LogP contribution in [0.4, 0.5) is 15.8 Å². The van der Waals surface area contributed by atoms with Crippen molar-refractivity contribution >= 4 is 49.9 Å². The van der Waals surface area contributed by atoms with Crippen LogP contribution in [0.15, 0.2) is 83.9 Å². The van der Waals surface area contributed by atoms with Gasteiger partial charge in [-0.25, -0.2) is 4.39 Å². The molecule has 8 rings (SSSR count). The lowest BCUT2D eigenvalue weighted by Gasteiger charge is -2.29. The Kier molecular flexibility index (Phi) is 5.17. The molecule has 1 fully saturated rings. The van der Waals surface area contributed by atoms with Gasteiger partial charge in [-0.1, -0.05) is 36.4 Å². The molecule has 0 atom stereocenters. The topological polar surface area (TPSA) is 88.6 Å². The van der Waals surface area contributed by atoms with Crippen molar-refractivity contribution in [2.24, 2.45) is 0 Å². The number of carbonyl (C=O) groups excluding carboxylic acids is 1. The van der Waals surface area contributed by atoms with Crippen LogP contribution in [-0.4, -0.2) is 46.7 Å². The summed E-state index contributed by atoms with van der Waals surface area (Å²) in [7, 11) is 0. The van der Waals surface area contributed by atoms with E-state index >= 15 is 4.39 Å². The molecule has 202 valence electrons. The van der Waals surface area contributed by atoms with E-state index in [9.17, 15) is 9.59 Å². The molecule has 2 N–H and O–H groups in total. The van der Waals surface area contributed by atoms with Gasteiger partial charge in [0, 0.05) is 42.1 Å². The molecule has 0 spiro atoms. The first-order chi connectivity index (χ1) is 20.1. The molecule has 8 nitrogen and oxygen atoms in total. The molecule has 0 bridgehead atoms. The van der Waals surface area contributed by atoms with E-state index in [0.717, 1.165) is 21.7 Å². The first-order valence-corrected chi connectivity index (χ1v) is 13.4. The second kappa shape index (κ2) is 8.94. The van der Waals surface area contributed by atoms with Gasteiger partial charge in [-0.05, 0) is 41.1 Å². The van der Waals surface area contributed by atoms with E-state index in [1.165, 1.54) is 6.07 Å². The lowest BCUT2D eigenvalue weighted by Crippen LogP contribution is -2.42. The van der Waals surface area contributed by atoms with Crippen LogP contribution in [-0.2, 0) is 4.74 Å². The Morgan fingerprint density at radius 3 is 2.66 bits per heavy atom. The quantitative estimate of drug-likeness (QED) is 0.280. The molecule has 4 heterocycles. The van der Waals surface area contributed by atoms with Crippen LogP contribution in [0.1, 0.15) is 10.4 Å². The standard InChI is InChI=1S/C32H23FN4O4/c33-24-16-22-29-31(27(24)35-20-7-5-19-9-10-34-25(19)15-20)41-26-8-6-18-3-1-2-4-21(18)28(26)37(29)17-23(30(22)38)32(39)36-11-13-40-14-12-36/h1-10,15-17,34-35H,11-14H2. The second-order valence-electron chi connectivity index (χ2n) is 10.2. The van der Waals surface area contributed by atoms with Gasteiger partial charge < -0.3 is 29.2 Å². The Labute approximate surface area is 232 Å². The number of nitrogens with one attached hydrogen (secondary N) is 2. The van der Waals surface area contributed by atoms with Gasteiger partial charge in [-0.2, -0.15) is 0 Å². The maximum Gasteiger partial charge on any atom is 0.259 e. The molecule has 1 amide bonds. The molecule has 2 aromatic heterocycles. The monoisotopic (exact) mass is 546 g/mol. The van der Waals surface area contributed by atoms with Crippen LogP contribution in [0.25, 0.3) is 38.3 Å². The van der Waals surface area contributed by atoms with Crippen molar-refractivity contribution in [3.63, 3.8) is 0 Å². The van der Waals surface area contributed by atoms with Crippen LogP contribution in [0.3, 0.4) is 0 Å². The average Bonchev–Trinajstić information content (AvgIpc) is 3.48. The highest BCUT2D eigenvalue weighted by Gasteiger charge is 2.31. The van der Waals surface area contributed by atoms with E-state index < -0.39 is 17.2 Å². The Balaban J connectivity index is 1.40. The number of fused-ring (bicyclic) bond motifs is 5. The Morgan fingerprint density at radius 2 is 1.78 bits per heavy atom. The molecule has 4 aromatic carbocycles. The molecule has 6 aromatic rings. The summed E-state index contributed by atoms with van der Waals surface area (Å²) in [5.74, 6) is -0.403. The number of carbonyl (C=O) groups is 1. The van der Waals surface area contributed by atoms with Crippen molar-refractivity contribution in [1.29, 1.82) is 0 Å². The van der Waals surface area contributed by atoms with Crippen molar-refractivity contribution < 1.29 is 18.7 Å². The Morgan fingerprint density at radius 1 is 0.951 bits per heavy atom. The number of ether oxygens (including phenoxy) is 2. The van der Waals surface area contributed by atoms with Crippen molar-refractivity contribution in [2.45, 2.75) is 0 Å². The predicted molar refractivity (Wildman–Crippen MR) is 155 cm³/mol. The number of anilines is 2. The highest BCUT2D eigenvalue weighted by Crippen LogP contribution is 2.48. The highest BCUT2D eigenvalue weighted by molar-refractivity contribution is 6.04. The van der Waals surface area contributed by atoms with E-state index in [1.54, 1.807) is 15.7 Å². The van der Waals surface area contributed by atoms with Crippen molar-refractivity contribution in [1.82, 2.24) is 14.5 Å². The molecule has 0 saturated carbocycles. The molecule has 0 aliphatic carbocycles. The van der Waals surface area contributed by atoms with E-state index in [4.69, 9.17) is 9.47 Å². The highest BCUT2D eigenvalue weighted by atomic mass is 19.1. The number of aromatic nitrogens is 2. The third-order valence-electron chi connectivity index (χ3n) is 7.87. The van der Waals surface area contributed by atoms with Crippen molar-refractivity contribution in [2.75, 3.05) is 31.6 Å². The van der Waals surface area contributed by atoms with Gasteiger partial charge in [-0.15, -0.1) is 0 Å². The number of hydrogen-bond donors (Lipinski definition) is 2. The van der Waals surface area contributed by atoms with Gasteiger partial charge in [0.15, 0.2) is 17.3 Å². The maximum absolute atomic E-state index is 15.9. The zero-order valence-electron chi connectivity index (χ0n) is 21.7. The fourth-order valence-corrected chi connectivity index (χ4v) is 5.85. The molecule has 1 saturated heterocycles. The van der Waals surface area contributed by atoms with Gasteiger partial charge in [0.05, 0.1) is 24.3 Å². The summed E-state index contributed by atoms with van der Waals surface area (Å²) in [6, 6.07) is 20.4. The number of halogens is 1. The van der Waals surface area contributed by atoms with E-state index in [0.29, 0.717) is 48.9 Å². The number of pyridine rings is 1. The smallest absolute Gasteiger partial charge is 0.259 e. The van der Waals surface area contributed by atoms with Crippen LogP contribution >= 0.6 is 0 Å². The summed E-state index contributed by atoms with van der Waals surface area (Å²) in [4.78, 5) is 32.2. The lowest BCUT2D eigenvalue weighted by molar-refractivity contribution is 0.0302. The zero-order valence-corrected chi connectivity index (χ0v) is 21.7. The number of nitrogens with zero attached hydrogens (tertiary/aromatic N) is 2. The van der Waals surface area contributed by atoms with Crippen LogP contribution in [0.2, 0.25) is 0 Å². The number of hydrogen-bond acceptors (Lipinski definition) is 5. The number of aromatic amines is 1. The maximum atomic E-state index is 15.9. The summed E-state index contributed by atoms with van der Waals surface area (Å²) in [6.45, 7) is 1.56. The van der Waals surface area contributed by atoms with Gasteiger partial charge in [0.2, 0.25) is 5.43 Å². The number of H-pyrrole nitrogens is 1. The lowest BCUT2D eigenvalue weighted by atomic mass is 10.0. The molecule has 2 aliphatic rings. The third-order valence-corrected chi connectivity index (χ3v) is 7.87. The normalized spacial score (nSPS) is 14.3. The van der Waals surface area contributed by atoms with Crippen molar-refractivity contribution in [3.8, 4) is 17.2 Å². The first-order valence-electron chi connectivity index (χ1n) is 13.4. The van der Waals surface area contributed by atoms with Gasteiger partial charge in [0.25, 0.3) is 5.91 Å². The molecule has 0 radical (unpaired) electrons. The largest absolute Gasteiger partial charge is 0.451 e. The van der Waals surface area contributed by atoms with E-state index in [1.807, 2.05) is 66.9 Å². The van der Waals surface area contributed by atoms with Crippen molar-refractivity contribution in [3.05, 3.63) is 101 Å². The summed E-state index contributed by atoms with van der Waals surface area (Å²) < 4.78 is 29.6. The predicted octanol–water partition coefficient (Wildman–Crippen LogP) is 6.09. The second-order valence-corrected chi connectivity index (χ2v) is 10.2. The molecule has 2 aliphatic heterocycles. The van der Waals surface area contributed by atoms with Gasteiger partial charge in [-0.3, -0.25) is 9.59 Å². The Bertz CT molecular complexity index is 2110. The SMILES string of the molecule is O=C(c1cn2c3c(c(Nc4ccc5cc[nH]c5c4)c(F)cc3c1=O)Oc1ccc3ccccc3c1-2)N1CCOCC1. The molecular weight excluding hydrogens is 523 g/mol. The van der Waals surface area contributed by atoms with E-state index in [-0.39, 0.29) is 22.4 Å². The minimum atomic E-state index is -0.664. The summed E-state index contributed by atoms with van der Waals surface area (Å²) >= 11 is 0. The third kappa shape index (κ3) is 3.63. The molecule has 0 unspecified atom stereocenters. The van der Waals surface area contributed by atoms with Gasteiger partial charge >= 0.3 is 0 Å². The number of amides is 1. The summed E-state index contributed by atoms with van der Waals surface area (Å²) in [5.41, 5.74) is 2.15. The minimum Gasteiger partial charge on any atom is -0.451 e. The minimum absolute atomic E-state index is 0.0246. The van der Waals surface area contributed by atoms with Crippen LogP contribution in [0.5, 0.6) is 11.5 Å². The average molecular weight is 547 g/mol. The van der Waals surface area contributed by atoms with Gasteiger partial charge in [0.1, 0.15) is 16.8 Å². The number of benzene rings is 4. The molecule has 41 heavy (non-hydrogen) atoms. The van der Waals surface area contributed by atoms with E-state index in [2.05, 4.69) is 10.3 Å². The number of rotatable bonds is 3. The number of morpholine rings is 1. The summed E-state index contributed by atoms with van der Waals surface area (Å²) in [5, 5.41) is 6.12. The molecular formula is C32H23FN4O4. The first kappa shape index (κ1) is 23.7. The van der Waals surface area contributed by atoms with Crippen LogP contribution < -0.4 is 15.5 Å². The fraction of sp³-hybridized carbons (Fsp3) is 0.125. The summed E-state index contributed by atoms with van der Waals surface area (Å²) in [6.07, 6.45) is 3.42. The fourth-order valence-electron chi connectivity index (χ4n) is 5.85. The zero-order chi connectivity index (χ0) is 27.7.